The molecular weight excluding hydrogens is 473 g/mol. The minimum atomic E-state index is -1.36. The van der Waals surface area contributed by atoms with Crippen molar-refractivity contribution in [1.29, 1.82) is 0 Å². The van der Waals surface area contributed by atoms with Crippen LogP contribution in [0.15, 0.2) is 18.2 Å². The SMILES string of the molecule is Cl.Cl.NC(CCCCB(O)O)(C(=O)O)C1CCCN(Cc2ccc(Cl)c(Cl)c2)CC1. The number of nitrogens with two attached hydrogens (primary N) is 1. The predicted octanol–water partition coefficient (Wildman–Crippen LogP) is 3.86. The van der Waals surface area contributed by atoms with Crippen molar-refractivity contribution in [3.05, 3.63) is 33.8 Å². The summed E-state index contributed by atoms with van der Waals surface area (Å²) in [5, 5.41) is 28.7. The van der Waals surface area contributed by atoms with Crippen molar-refractivity contribution in [1.82, 2.24) is 4.90 Å². The molecule has 6 nitrogen and oxygen atoms in total. The lowest BCUT2D eigenvalue weighted by molar-refractivity contribution is -0.146. The van der Waals surface area contributed by atoms with Crippen molar-refractivity contribution in [3.8, 4) is 0 Å². The van der Waals surface area contributed by atoms with Gasteiger partial charge in [0, 0.05) is 6.54 Å². The summed E-state index contributed by atoms with van der Waals surface area (Å²) in [4.78, 5) is 14.2. The van der Waals surface area contributed by atoms with Crippen LogP contribution in [0.3, 0.4) is 0 Å². The summed E-state index contributed by atoms with van der Waals surface area (Å²) in [5.74, 6) is -1.08. The molecule has 1 aromatic carbocycles. The van der Waals surface area contributed by atoms with Crippen LogP contribution in [-0.2, 0) is 11.3 Å². The number of likely N-dealkylation sites (tertiary alicyclic amines) is 1. The minimum Gasteiger partial charge on any atom is -0.480 e. The van der Waals surface area contributed by atoms with E-state index in [-0.39, 0.29) is 37.1 Å². The second-order valence-electron chi connectivity index (χ2n) is 7.72. The van der Waals surface area contributed by atoms with Crippen molar-refractivity contribution >= 4 is 61.1 Å². The molecule has 30 heavy (non-hydrogen) atoms. The van der Waals surface area contributed by atoms with Crippen LogP contribution in [0.25, 0.3) is 0 Å². The monoisotopic (exact) mass is 502 g/mol. The fraction of sp³-hybridized carbons (Fsp3) is 0.632. The van der Waals surface area contributed by atoms with Gasteiger partial charge in [0.25, 0.3) is 0 Å². The van der Waals surface area contributed by atoms with Gasteiger partial charge >= 0.3 is 13.1 Å². The zero-order valence-corrected chi connectivity index (χ0v) is 19.9. The molecule has 5 N–H and O–H groups in total. The number of carboxylic acids is 1. The number of nitrogens with zero attached hydrogens (tertiary/aromatic N) is 1. The standard InChI is InChI=1S/C19H29BCl2N2O4.2ClH/c21-16-6-5-14(12-17(16)22)13-24-10-3-4-15(7-11-24)19(23,18(25)26)8-1-2-9-20(27)28;;/h5-6,12,15,27-28H,1-4,7-11,13,23H2,(H,25,26);2*1H. The van der Waals surface area contributed by atoms with Gasteiger partial charge < -0.3 is 20.9 Å². The highest BCUT2D eigenvalue weighted by Crippen LogP contribution is 2.32. The van der Waals surface area contributed by atoms with E-state index >= 15 is 0 Å². The number of rotatable bonds is 9. The molecule has 0 radical (unpaired) electrons. The van der Waals surface area contributed by atoms with Crippen LogP contribution in [0, 0.1) is 5.92 Å². The Kier molecular flexibility index (Phi) is 13.9. The summed E-state index contributed by atoms with van der Waals surface area (Å²) in [6, 6.07) is 5.61. The average molecular weight is 504 g/mol. The predicted molar refractivity (Wildman–Crippen MR) is 127 cm³/mol. The Bertz CT molecular complexity index is 671. The first-order valence-electron chi connectivity index (χ1n) is 9.77. The normalized spacial score (nSPS) is 19.0. The first kappa shape index (κ1) is 29.8. The molecular formula is C19H31BCl4N2O4. The summed E-state index contributed by atoms with van der Waals surface area (Å²) >= 11 is 12.1. The molecule has 2 atom stereocenters. The second kappa shape index (κ2) is 14.0. The van der Waals surface area contributed by atoms with Crippen molar-refractivity contribution in [2.75, 3.05) is 13.1 Å². The van der Waals surface area contributed by atoms with Gasteiger partial charge in [0.05, 0.1) is 10.0 Å². The van der Waals surface area contributed by atoms with E-state index in [1.165, 1.54) is 0 Å². The first-order valence-corrected chi connectivity index (χ1v) is 10.5. The molecule has 0 spiro atoms. The van der Waals surface area contributed by atoms with E-state index in [2.05, 4.69) is 4.90 Å². The number of carboxylic acid groups (broad SMARTS) is 1. The quantitative estimate of drug-likeness (QED) is 0.301. The molecule has 0 bridgehead atoms. The number of hydrogen-bond acceptors (Lipinski definition) is 5. The Morgan fingerprint density at radius 3 is 2.47 bits per heavy atom. The molecule has 2 rings (SSSR count). The molecule has 1 heterocycles. The third-order valence-electron chi connectivity index (χ3n) is 5.64. The Hall–Kier alpha value is -0.245. The van der Waals surface area contributed by atoms with Gasteiger partial charge in [-0.3, -0.25) is 9.69 Å². The fourth-order valence-electron chi connectivity index (χ4n) is 3.96. The Morgan fingerprint density at radius 2 is 1.87 bits per heavy atom. The number of aliphatic carboxylic acids is 1. The number of halogens is 4. The molecule has 1 aliphatic heterocycles. The van der Waals surface area contributed by atoms with Crippen LogP contribution in [0.1, 0.15) is 44.1 Å². The Labute approximate surface area is 201 Å². The van der Waals surface area contributed by atoms with Crippen LogP contribution >= 0.6 is 48.0 Å². The van der Waals surface area contributed by atoms with Gasteiger partial charge in [-0.2, -0.15) is 0 Å². The summed E-state index contributed by atoms with van der Waals surface area (Å²) in [7, 11) is -1.36. The van der Waals surface area contributed by atoms with E-state index in [0.717, 1.165) is 38.0 Å². The summed E-state index contributed by atoms with van der Waals surface area (Å²) in [6.45, 7) is 2.39. The van der Waals surface area contributed by atoms with Crippen LogP contribution in [-0.4, -0.2) is 51.8 Å². The highest BCUT2D eigenvalue weighted by Gasteiger charge is 2.42. The topological polar surface area (TPSA) is 107 Å². The largest absolute Gasteiger partial charge is 0.480 e. The van der Waals surface area contributed by atoms with Crippen molar-refractivity contribution in [2.24, 2.45) is 11.7 Å². The molecule has 1 fully saturated rings. The fourth-order valence-corrected chi connectivity index (χ4v) is 4.28. The van der Waals surface area contributed by atoms with Crippen LogP contribution < -0.4 is 5.73 Å². The summed E-state index contributed by atoms with van der Waals surface area (Å²) in [5.41, 5.74) is 6.16. The van der Waals surface area contributed by atoms with Gasteiger partial charge in [-0.05, 0) is 68.7 Å². The third-order valence-corrected chi connectivity index (χ3v) is 6.38. The van der Waals surface area contributed by atoms with E-state index < -0.39 is 18.6 Å². The van der Waals surface area contributed by atoms with Gasteiger partial charge in [-0.15, -0.1) is 24.8 Å². The van der Waals surface area contributed by atoms with Gasteiger partial charge in [0.2, 0.25) is 0 Å². The third kappa shape index (κ3) is 8.71. The molecule has 0 aliphatic carbocycles. The number of carbonyl (C=O) groups is 1. The van der Waals surface area contributed by atoms with Crippen LogP contribution in [0.5, 0.6) is 0 Å². The number of hydrogen-bond donors (Lipinski definition) is 4. The lowest BCUT2D eigenvalue weighted by atomic mass is 9.75. The molecule has 1 aromatic rings. The smallest absolute Gasteiger partial charge is 0.451 e. The van der Waals surface area contributed by atoms with Crippen LogP contribution in [0.4, 0.5) is 0 Å². The van der Waals surface area contributed by atoms with Crippen molar-refractivity contribution in [2.45, 2.75) is 56.9 Å². The summed E-state index contributed by atoms with van der Waals surface area (Å²) < 4.78 is 0. The minimum absolute atomic E-state index is 0. The Morgan fingerprint density at radius 1 is 1.17 bits per heavy atom. The van der Waals surface area contributed by atoms with Crippen LogP contribution in [0.2, 0.25) is 16.4 Å². The highest BCUT2D eigenvalue weighted by molar-refractivity contribution is 6.42. The Balaban J connectivity index is 0.00000420. The lowest BCUT2D eigenvalue weighted by Gasteiger charge is -2.33. The van der Waals surface area contributed by atoms with E-state index in [1.54, 1.807) is 6.07 Å². The maximum atomic E-state index is 11.9. The maximum Gasteiger partial charge on any atom is 0.451 e. The van der Waals surface area contributed by atoms with E-state index in [0.29, 0.717) is 35.7 Å². The first-order chi connectivity index (χ1) is 13.2. The molecule has 0 saturated carbocycles. The molecule has 2 unspecified atom stereocenters. The average Bonchev–Trinajstić information content (AvgIpc) is 2.87. The van der Waals surface area contributed by atoms with Gasteiger partial charge in [-0.1, -0.05) is 42.1 Å². The molecule has 1 aliphatic rings. The van der Waals surface area contributed by atoms with E-state index in [1.807, 2.05) is 12.1 Å². The number of unbranched alkanes of at least 4 members (excludes halogenated alkanes) is 1. The molecule has 11 heteroatoms. The van der Waals surface area contributed by atoms with Crippen molar-refractivity contribution in [3.63, 3.8) is 0 Å². The molecule has 0 amide bonds. The van der Waals surface area contributed by atoms with Gasteiger partial charge in [-0.25, -0.2) is 0 Å². The van der Waals surface area contributed by atoms with E-state index in [9.17, 15) is 9.90 Å². The second-order valence-corrected chi connectivity index (χ2v) is 8.54. The van der Waals surface area contributed by atoms with E-state index in [4.69, 9.17) is 39.0 Å². The zero-order chi connectivity index (χ0) is 20.7. The van der Waals surface area contributed by atoms with Gasteiger partial charge in [0.1, 0.15) is 5.54 Å². The molecule has 1 saturated heterocycles. The summed E-state index contributed by atoms with van der Waals surface area (Å²) in [6.07, 6.45) is 4.04. The maximum absolute atomic E-state index is 11.9. The molecule has 0 aromatic heterocycles. The highest BCUT2D eigenvalue weighted by atomic mass is 35.5. The molecule has 172 valence electrons. The number of benzene rings is 1. The lowest BCUT2D eigenvalue weighted by Crippen LogP contribution is -2.54. The van der Waals surface area contributed by atoms with Crippen molar-refractivity contribution < 1.29 is 19.9 Å². The van der Waals surface area contributed by atoms with Gasteiger partial charge in [0.15, 0.2) is 0 Å². The zero-order valence-electron chi connectivity index (χ0n) is 16.8.